The van der Waals surface area contributed by atoms with E-state index in [0.717, 1.165) is 23.5 Å². The monoisotopic (exact) mass is 688 g/mol. The van der Waals surface area contributed by atoms with Gasteiger partial charge < -0.3 is 4.57 Å². The summed E-state index contributed by atoms with van der Waals surface area (Å²) in [5, 5.41) is 1.89. The quantitative estimate of drug-likeness (QED) is 0.226. The van der Waals surface area contributed by atoms with Crippen molar-refractivity contribution in [3.8, 4) is 0 Å². The van der Waals surface area contributed by atoms with Crippen molar-refractivity contribution in [2.45, 2.75) is 113 Å². The fraction of sp³-hybridized carbons (Fsp3) is 0.500. The fourth-order valence-electron chi connectivity index (χ4n) is 9.89. The van der Waals surface area contributed by atoms with Crippen molar-refractivity contribution in [1.29, 1.82) is 0 Å². The first-order chi connectivity index (χ1) is 23.7. The van der Waals surface area contributed by atoms with Crippen molar-refractivity contribution in [2.24, 2.45) is 34.5 Å². The molecule has 0 amide bonds. The molecular formula is C48H65OP. The van der Waals surface area contributed by atoms with E-state index in [1.807, 2.05) is 60.7 Å². The van der Waals surface area contributed by atoms with Gasteiger partial charge in [-0.2, -0.15) is 0 Å². The predicted molar refractivity (Wildman–Crippen MR) is 220 cm³/mol. The number of rotatable bonds is 5. The van der Waals surface area contributed by atoms with Crippen LogP contribution >= 0.6 is 7.14 Å². The fourth-order valence-corrected chi connectivity index (χ4v) is 12.4. The molecule has 1 nitrogen and oxygen atoms in total. The van der Waals surface area contributed by atoms with Crippen LogP contribution in [0.1, 0.15) is 113 Å². The van der Waals surface area contributed by atoms with Gasteiger partial charge in [0.05, 0.1) is 0 Å². The van der Waals surface area contributed by atoms with E-state index >= 15 is 0 Å². The molecule has 0 saturated heterocycles. The zero-order chi connectivity index (χ0) is 36.3. The molecule has 0 unspecified atom stereocenters. The lowest BCUT2D eigenvalue weighted by molar-refractivity contribution is 0.137. The molecule has 0 N–H and O–H groups in total. The summed E-state index contributed by atoms with van der Waals surface area (Å²) >= 11 is 0. The largest absolute Gasteiger partial charge is 0.313 e. The van der Waals surface area contributed by atoms with Crippen molar-refractivity contribution < 1.29 is 4.57 Å². The number of benzene rings is 2. The van der Waals surface area contributed by atoms with E-state index in [4.69, 9.17) is 0 Å². The van der Waals surface area contributed by atoms with Gasteiger partial charge in [0.15, 0.2) is 0 Å². The van der Waals surface area contributed by atoms with Crippen LogP contribution in [-0.2, 0) is 4.57 Å². The molecule has 2 aromatic rings. The normalized spacial score (nSPS) is 30.8. The van der Waals surface area contributed by atoms with E-state index in [9.17, 15) is 4.57 Å². The van der Waals surface area contributed by atoms with Crippen LogP contribution in [0.15, 0.2) is 131 Å². The minimum absolute atomic E-state index is 0.365. The molecule has 0 bridgehead atoms. The van der Waals surface area contributed by atoms with Crippen LogP contribution < -0.4 is 10.6 Å². The Morgan fingerprint density at radius 3 is 1.66 bits per heavy atom. The molecule has 0 aromatic heterocycles. The number of hydrogen-bond acceptors (Lipinski definition) is 1. The Morgan fingerprint density at radius 1 is 0.700 bits per heavy atom. The van der Waals surface area contributed by atoms with E-state index in [1.54, 1.807) is 22.3 Å². The van der Waals surface area contributed by atoms with E-state index in [2.05, 4.69) is 86.8 Å². The van der Waals surface area contributed by atoms with Gasteiger partial charge in [0.1, 0.15) is 7.14 Å². The maximum atomic E-state index is 14.0. The molecule has 0 heterocycles. The van der Waals surface area contributed by atoms with Crippen molar-refractivity contribution in [2.75, 3.05) is 6.16 Å². The lowest BCUT2D eigenvalue weighted by Crippen LogP contribution is -2.38. The summed E-state index contributed by atoms with van der Waals surface area (Å²) in [4.78, 5) is 0. The molecule has 4 aliphatic rings. The zero-order valence-corrected chi connectivity index (χ0v) is 33.6. The molecular weight excluding hydrogens is 624 g/mol. The van der Waals surface area contributed by atoms with E-state index < -0.39 is 7.14 Å². The van der Waals surface area contributed by atoms with Crippen molar-refractivity contribution in [3.05, 3.63) is 131 Å². The number of allylic oxidation sites excluding steroid dienone is 10. The van der Waals surface area contributed by atoms with Crippen LogP contribution in [0.25, 0.3) is 0 Å². The van der Waals surface area contributed by atoms with Crippen LogP contribution in [0.5, 0.6) is 0 Å². The minimum Gasteiger partial charge on any atom is -0.313 e. The number of hydrogen-bond donors (Lipinski definition) is 0. The van der Waals surface area contributed by atoms with Crippen LogP contribution in [0, 0.1) is 34.5 Å². The third-order valence-electron chi connectivity index (χ3n) is 13.5. The molecule has 4 aliphatic carbocycles. The van der Waals surface area contributed by atoms with Crippen molar-refractivity contribution >= 4 is 17.8 Å². The smallest absolute Gasteiger partial charge is 0.146 e. The minimum atomic E-state index is -2.64. The third-order valence-corrected chi connectivity index (χ3v) is 16.5. The van der Waals surface area contributed by atoms with Gasteiger partial charge in [-0.15, -0.1) is 0 Å². The molecule has 4 fully saturated rings. The highest BCUT2D eigenvalue weighted by molar-refractivity contribution is 7.78. The Morgan fingerprint density at radius 2 is 1.18 bits per heavy atom. The highest BCUT2D eigenvalue weighted by Crippen LogP contribution is 2.65. The van der Waals surface area contributed by atoms with E-state index in [0.29, 0.717) is 40.7 Å². The van der Waals surface area contributed by atoms with Gasteiger partial charge in [0.2, 0.25) is 0 Å². The maximum Gasteiger partial charge on any atom is 0.146 e. The maximum absolute atomic E-state index is 14.0. The van der Waals surface area contributed by atoms with Gasteiger partial charge in [-0.05, 0) is 106 Å². The second-order valence-corrected chi connectivity index (χ2v) is 19.9. The summed E-state index contributed by atoms with van der Waals surface area (Å²) in [5.41, 5.74) is 11.7. The first-order valence-electron chi connectivity index (χ1n) is 19.5. The molecule has 50 heavy (non-hydrogen) atoms. The molecule has 0 radical (unpaired) electrons. The molecule has 0 spiro atoms. The Balaban J connectivity index is 0.000000194. The highest BCUT2D eigenvalue weighted by atomic mass is 31.2. The lowest BCUT2D eigenvalue weighted by Gasteiger charge is -2.48. The van der Waals surface area contributed by atoms with Gasteiger partial charge in [0, 0.05) is 16.8 Å². The van der Waals surface area contributed by atoms with Gasteiger partial charge >= 0.3 is 0 Å². The van der Waals surface area contributed by atoms with Crippen molar-refractivity contribution in [3.63, 3.8) is 0 Å². The van der Waals surface area contributed by atoms with Gasteiger partial charge in [-0.3, -0.25) is 0 Å². The molecule has 6 atom stereocenters. The van der Waals surface area contributed by atoms with Crippen LogP contribution in [0.2, 0.25) is 0 Å². The highest BCUT2D eigenvalue weighted by Gasteiger charge is 2.54. The molecule has 2 aromatic carbocycles. The zero-order valence-electron chi connectivity index (χ0n) is 32.7. The second-order valence-electron chi connectivity index (χ2n) is 17.0. The van der Waals surface area contributed by atoms with Crippen LogP contribution in [-0.4, -0.2) is 6.16 Å². The molecule has 2 heteroatoms. The Hall–Kier alpha value is -2.89. The summed E-state index contributed by atoms with van der Waals surface area (Å²) in [5.74, 6) is 2.32. The Bertz CT molecular complexity index is 1640. The first-order valence-corrected chi connectivity index (χ1v) is 21.4. The van der Waals surface area contributed by atoms with Crippen LogP contribution in [0.4, 0.5) is 0 Å². The number of fused-ring (bicyclic) bond motifs is 1. The van der Waals surface area contributed by atoms with Gasteiger partial charge in [-0.25, -0.2) is 0 Å². The predicted octanol–water partition coefficient (Wildman–Crippen LogP) is 13.3. The summed E-state index contributed by atoms with van der Waals surface area (Å²) in [6.07, 6.45) is 19.0. The van der Waals surface area contributed by atoms with Gasteiger partial charge in [0.25, 0.3) is 0 Å². The summed E-state index contributed by atoms with van der Waals surface area (Å²) in [6, 6.07) is 19.9. The van der Waals surface area contributed by atoms with Crippen LogP contribution in [0.3, 0.4) is 0 Å². The molecule has 268 valence electrons. The Labute approximate surface area is 306 Å². The average Bonchev–Trinajstić information content (AvgIpc) is 3.39. The average molecular weight is 689 g/mol. The van der Waals surface area contributed by atoms with E-state index in [-0.39, 0.29) is 0 Å². The van der Waals surface area contributed by atoms with Crippen molar-refractivity contribution in [1.82, 2.24) is 0 Å². The van der Waals surface area contributed by atoms with E-state index in [1.165, 1.54) is 61.7 Å². The summed E-state index contributed by atoms with van der Waals surface area (Å²) in [7, 11) is -2.64. The summed E-state index contributed by atoms with van der Waals surface area (Å²) in [6.45, 7) is 27.5. The standard InChI is InChI=1S/C25H38.C23H27OP/c1-17(2)23-12-14-24(6)22(9-8-13-25(23,24)7)11-10-21-15-18(3)20(5)19(4)16-21;1-18-16-21(17-19(2)20(18)3)14-15-25(24,22-10-6-4-7-11-22)23-12-8-5-9-13-23/h10-11,18-19H,5,8-9,12-16H2,1-4,6-7H3;4-14,18-19H,3,15-17H2,1-2H3/b22-11+;/t18-,19-,24+,25-;18-,19-/m11/s1. The first kappa shape index (κ1) is 38.3. The molecule has 6 rings (SSSR count). The molecule has 4 saturated carbocycles. The SMILES string of the molecule is C=C1[C@H](C)CC(=C/C=C2\CCC[C@]3(C)C(=C(C)C)CC[C@@]23C)C[C@H]1C.C=C1[C@H](C)CC(=CCP(=O)(c2ccccc2)c2ccccc2)C[C@H]1C. The summed E-state index contributed by atoms with van der Waals surface area (Å²) < 4.78 is 14.0. The molecule has 0 aliphatic heterocycles. The third kappa shape index (κ3) is 7.80. The Kier molecular flexibility index (Phi) is 12.1. The lowest BCUT2D eigenvalue weighted by atomic mass is 9.56. The second kappa shape index (κ2) is 15.8. The van der Waals surface area contributed by atoms with Gasteiger partial charge in [-0.1, -0.05) is 173 Å². The topological polar surface area (TPSA) is 17.1 Å².